The van der Waals surface area contributed by atoms with Gasteiger partial charge < -0.3 is 15.0 Å². The Morgan fingerprint density at radius 1 is 0.851 bits per heavy atom. The smallest absolute Gasteiger partial charge is 0.264 e. The van der Waals surface area contributed by atoms with Crippen LogP contribution in [0.3, 0.4) is 0 Å². The highest BCUT2D eigenvalue weighted by Gasteiger charge is 2.33. The van der Waals surface area contributed by atoms with Gasteiger partial charge in [0.05, 0.1) is 10.6 Å². The summed E-state index contributed by atoms with van der Waals surface area (Å²) in [4.78, 5) is 29.3. The average Bonchev–Trinajstić information content (AvgIpc) is 3.08. The number of rotatable bonds is 12. The zero-order chi connectivity index (χ0) is 33.4. The molecule has 0 aliphatic heterocycles. The first-order valence-electron chi connectivity index (χ1n) is 15.9. The number of hydrogen-bond acceptors (Lipinski definition) is 5. The molecule has 0 unspecified atom stereocenters. The molecular formula is C37H40ClN3O5S. The molecule has 1 fully saturated rings. The lowest BCUT2D eigenvalue weighted by Gasteiger charge is -2.33. The van der Waals surface area contributed by atoms with E-state index in [0.717, 1.165) is 47.5 Å². The molecule has 0 saturated heterocycles. The summed E-state index contributed by atoms with van der Waals surface area (Å²) in [5, 5.41) is 3.67. The van der Waals surface area contributed by atoms with Crippen LogP contribution in [-0.4, -0.2) is 43.8 Å². The summed E-state index contributed by atoms with van der Waals surface area (Å²) in [7, 11) is -4.19. The second-order valence-electron chi connectivity index (χ2n) is 11.9. The fraction of sp³-hybridized carbons (Fsp3) is 0.297. The first-order valence-corrected chi connectivity index (χ1v) is 17.7. The number of halogens is 1. The minimum atomic E-state index is -4.19. The van der Waals surface area contributed by atoms with E-state index < -0.39 is 28.5 Å². The average molecular weight is 674 g/mol. The molecule has 0 bridgehead atoms. The topological polar surface area (TPSA) is 96.0 Å². The van der Waals surface area contributed by atoms with Crippen LogP contribution in [0, 0.1) is 6.92 Å². The number of sulfonamides is 1. The summed E-state index contributed by atoms with van der Waals surface area (Å²) in [6.07, 6.45) is 5.04. The van der Waals surface area contributed by atoms with Crippen molar-refractivity contribution in [2.24, 2.45) is 0 Å². The third-order valence-corrected chi connectivity index (χ3v) is 10.4. The van der Waals surface area contributed by atoms with Gasteiger partial charge >= 0.3 is 0 Å². The van der Waals surface area contributed by atoms with Crippen LogP contribution in [0.2, 0.25) is 5.02 Å². The van der Waals surface area contributed by atoms with Crippen molar-refractivity contribution in [1.29, 1.82) is 0 Å². The van der Waals surface area contributed by atoms with E-state index in [1.165, 1.54) is 17.0 Å². The number of benzene rings is 4. The monoisotopic (exact) mass is 673 g/mol. The number of nitrogens with zero attached hydrogens (tertiary/aromatic N) is 2. The number of carbonyl (C=O) groups excluding carboxylic acids is 2. The van der Waals surface area contributed by atoms with Gasteiger partial charge in [-0.05, 0) is 92.9 Å². The van der Waals surface area contributed by atoms with Crippen LogP contribution in [0.5, 0.6) is 11.5 Å². The van der Waals surface area contributed by atoms with E-state index in [0.29, 0.717) is 16.5 Å². The summed E-state index contributed by atoms with van der Waals surface area (Å²) in [5.74, 6) is 0.357. The number of anilines is 1. The number of ether oxygens (including phenoxy) is 1. The largest absolute Gasteiger partial charge is 0.457 e. The van der Waals surface area contributed by atoms with Crippen LogP contribution >= 0.6 is 11.6 Å². The minimum absolute atomic E-state index is 0.0489. The fourth-order valence-electron chi connectivity index (χ4n) is 5.61. The number of carbonyl (C=O) groups is 2. The second-order valence-corrected chi connectivity index (χ2v) is 14.2. The van der Waals surface area contributed by atoms with Gasteiger partial charge in [-0.15, -0.1) is 0 Å². The Kier molecular flexibility index (Phi) is 11.2. The molecule has 1 aliphatic rings. The van der Waals surface area contributed by atoms with Gasteiger partial charge in [0.2, 0.25) is 11.8 Å². The molecular weight excluding hydrogens is 634 g/mol. The van der Waals surface area contributed by atoms with Crippen LogP contribution in [0.15, 0.2) is 108 Å². The Labute approximate surface area is 282 Å². The predicted molar refractivity (Wildman–Crippen MR) is 185 cm³/mol. The lowest BCUT2D eigenvalue weighted by atomic mass is 9.95. The van der Waals surface area contributed by atoms with E-state index in [9.17, 15) is 18.0 Å². The summed E-state index contributed by atoms with van der Waals surface area (Å²) >= 11 is 6.12. The third-order valence-electron chi connectivity index (χ3n) is 8.38. The van der Waals surface area contributed by atoms with Gasteiger partial charge in [0, 0.05) is 17.6 Å². The SMILES string of the molecule is Cc1ccc(S(=O)(=O)N(CC(=O)N(Cc2ccc(Cl)cc2)[C@H](C)C(=O)NC2CCCCC2)c2ccc(Oc3ccccc3)cc2)cc1. The first-order chi connectivity index (χ1) is 22.6. The van der Waals surface area contributed by atoms with Crippen LogP contribution in [0.25, 0.3) is 0 Å². The van der Waals surface area contributed by atoms with Crippen LogP contribution in [0.1, 0.15) is 50.2 Å². The Hall–Kier alpha value is -4.34. The predicted octanol–water partition coefficient (Wildman–Crippen LogP) is 7.50. The van der Waals surface area contributed by atoms with Gasteiger partial charge in [-0.2, -0.15) is 0 Å². The molecule has 0 radical (unpaired) electrons. The zero-order valence-electron chi connectivity index (χ0n) is 26.6. The maximum absolute atomic E-state index is 14.3. The van der Waals surface area contributed by atoms with Crippen LogP contribution in [0.4, 0.5) is 5.69 Å². The molecule has 47 heavy (non-hydrogen) atoms. The molecule has 5 rings (SSSR count). The van der Waals surface area contributed by atoms with Crippen molar-refractivity contribution in [3.8, 4) is 11.5 Å². The molecule has 4 aromatic rings. The van der Waals surface area contributed by atoms with Crippen LogP contribution in [-0.2, 0) is 26.2 Å². The molecule has 1 aliphatic carbocycles. The molecule has 8 nitrogen and oxygen atoms in total. The van der Waals surface area contributed by atoms with Crippen molar-refractivity contribution >= 4 is 39.1 Å². The lowest BCUT2D eigenvalue weighted by molar-refractivity contribution is -0.139. The minimum Gasteiger partial charge on any atom is -0.457 e. The van der Waals surface area contributed by atoms with Crippen molar-refractivity contribution in [3.05, 3.63) is 119 Å². The molecule has 4 aromatic carbocycles. The van der Waals surface area contributed by atoms with Crippen molar-refractivity contribution in [2.45, 2.75) is 69.5 Å². The van der Waals surface area contributed by atoms with E-state index in [4.69, 9.17) is 16.3 Å². The highest BCUT2D eigenvalue weighted by Crippen LogP contribution is 2.29. The Balaban J connectivity index is 1.46. The van der Waals surface area contributed by atoms with Crippen molar-refractivity contribution in [3.63, 3.8) is 0 Å². The quantitative estimate of drug-likeness (QED) is 0.168. The van der Waals surface area contributed by atoms with Gasteiger partial charge in [0.1, 0.15) is 24.1 Å². The standard InChI is InChI=1S/C37H40ClN3O5S/c1-27-13-23-35(24-14-27)47(44,45)41(32-19-21-34(22-20-32)46-33-11-7-4-8-12-33)26-36(42)40(25-29-15-17-30(38)18-16-29)28(2)37(43)39-31-9-5-3-6-10-31/h4,7-8,11-24,28,31H,3,5-6,9-10,25-26H2,1-2H3,(H,39,43)/t28-/m1/s1. The van der Waals surface area contributed by atoms with Crippen molar-refractivity contribution < 1.29 is 22.7 Å². The highest BCUT2D eigenvalue weighted by molar-refractivity contribution is 7.92. The molecule has 246 valence electrons. The number of hydrogen-bond donors (Lipinski definition) is 1. The van der Waals surface area contributed by atoms with Gasteiger partial charge in [-0.1, -0.05) is 78.9 Å². The molecule has 0 aromatic heterocycles. The molecule has 1 N–H and O–H groups in total. The summed E-state index contributed by atoms with van der Waals surface area (Å²) < 4.78 is 35.3. The van der Waals surface area contributed by atoms with Gasteiger partial charge in [0.15, 0.2) is 0 Å². The van der Waals surface area contributed by atoms with Crippen molar-refractivity contribution in [2.75, 3.05) is 10.8 Å². The van der Waals surface area contributed by atoms with Gasteiger partial charge in [-0.3, -0.25) is 13.9 Å². The molecule has 1 atom stereocenters. The molecule has 2 amide bonds. The normalized spacial score (nSPS) is 14.2. The van der Waals surface area contributed by atoms with Crippen molar-refractivity contribution in [1.82, 2.24) is 10.2 Å². The van der Waals surface area contributed by atoms with E-state index in [2.05, 4.69) is 5.32 Å². The second kappa shape index (κ2) is 15.5. The zero-order valence-corrected chi connectivity index (χ0v) is 28.2. The van der Waals surface area contributed by atoms with E-state index >= 15 is 0 Å². The summed E-state index contributed by atoms with van der Waals surface area (Å²) in [6, 6.07) is 28.5. The number of nitrogens with one attached hydrogen (secondary N) is 1. The molecule has 0 heterocycles. The van der Waals surface area contributed by atoms with Crippen LogP contribution < -0.4 is 14.4 Å². The Morgan fingerprint density at radius 3 is 2.11 bits per heavy atom. The molecule has 1 saturated carbocycles. The van der Waals surface area contributed by atoms with Gasteiger partial charge in [-0.25, -0.2) is 8.42 Å². The van der Waals surface area contributed by atoms with E-state index in [-0.39, 0.29) is 29.1 Å². The van der Waals surface area contributed by atoms with Gasteiger partial charge in [0.25, 0.3) is 10.0 Å². The van der Waals surface area contributed by atoms with E-state index in [1.807, 2.05) is 37.3 Å². The number of amides is 2. The highest BCUT2D eigenvalue weighted by atomic mass is 35.5. The molecule has 10 heteroatoms. The summed E-state index contributed by atoms with van der Waals surface area (Å²) in [6.45, 7) is 3.12. The number of para-hydroxylation sites is 1. The fourth-order valence-corrected chi connectivity index (χ4v) is 7.15. The maximum atomic E-state index is 14.3. The third kappa shape index (κ3) is 8.93. The van der Waals surface area contributed by atoms with E-state index in [1.54, 1.807) is 67.6 Å². The summed E-state index contributed by atoms with van der Waals surface area (Å²) in [5.41, 5.74) is 1.95. The Bertz CT molecular complexity index is 1740. The lowest BCUT2D eigenvalue weighted by Crippen LogP contribution is -2.53. The Morgan fingerprint density at radius 2 is 1.47 bits per heavy atom. The number of aryl methyl sites for hydroxylation is 1. The maximum Gasteiger partial charge on any atom is 0.264 e. The molecule has 0 spiro atoms. The first kappa shape index (κ1) is 34.0.